The fourth-order valence-electron chi connectivity index (χ4n) is 3.32. The SMILES string of the molecule is COc1ccc(C=Cc2cc(OC)c(OC)c(OC)c2)cc1NC(=O)/C=C/c1ccccc1N. The molecule has 0 saturated carbocycles. The highest BCUT2D eigenvalue weighted by molar-refractivity contribution is 6.03. The number of nitrogen functional groups attached to an aromatic ring is 1. The minimum Gasteiger partial charge on any atom is -0.495 e. The highest BCUT2D eigenvalue weighted by Crippen LogP contribution is 2.38. The zero-order valence-electron chi connectivity index (χ0n) is 19.6. The van der Waals surface area contributed by atoms with Crippen LogP contribution >= 0.6 is 0 Å². The smallest absolute Gasteiger partial charge is 0.248 e. The largest absolute Gasteiger partial charge is 0.495 e. The van der Waals surface area contributed by atoms with E-state index in [9.17, 15) is 4.79 Å². The van der Waals surface area contributed by atoms with Gasteiger partial charge in [-0.15, -0.1) is 0 Å². The Morgan fingerprint density at radius 1 is 0.765 bits per heavy atom. The van der Waals surface area contributed by atoms with E-state index in [2.05, 4.69) is 5.32 Å². The molecule has 34 heavy (non-hydrogen) atoms. The predicted octanol–water partition coefficient (Wildman–Crippen LogP) is 5.13. The molecule has 0 aromatic heterocycles. The predicted molar refractivity (Wildman–Crippen MR) is 137 cm³/mol. The van der Waals surface area contributed by atoms with Gasteiger partial charge in [0.05, 0.1) is 34.1 Å². The van der Waals surface area contributed by atoms with E-state index in [1.807, 2.05) is 54.6 Å². The van der Waals surface area contributed by atoms with Crippen LogP contribution in [-0.4, -0.2) is 34.3 Å². The van der Waals surface area contributed by atoms with Gasteiger partial charge in [-0.1, -0.05) is 36.4 Å². The van der Waals surface area contributed by atoms with Crippen LogP contribution in [0.25, 0.3) is 18.2 Å². The van der Waals surface area contributed by atoms with Crippen LogP contribution in [0.1, 0.15) is 16.7 Å². The number of carbonyl (C=O) groups excluding carboxylic acids is 1. The Kier molecular flexibility index (Phi) is 8.18. The average molecular weight is 461 g/mol. The Hall–Kier alpha value is -4.39. The number of para-hydroxylation sites is 1. The van der Waals surface area contributed by atoms with Gasteiger partial charge in [-0.2, -0.15) is 0 Å². The Morgan fingerprint density at radius 2 is 1.41 bits per heavy atom. The van der Waals surface area contributed by atoms with Crippen molar-refractivity contribution in [2.75, 3.05) is 39.5 Å². The van der Waals surface area contributed by atoms with E-state index < -0.39 is 0 Å². The summed E-state index contributed by atoms with van der Waals surface area (Å²) < 4.78 is 21.6. The van der Waals surface area contributed by atoms with Crippen molar-refractivity contribution in [2.45, 2.75) is 0 Å². The molecule has 0 fully saturated rings. The first kappa shape index (κ1) is 24.3. The summed E-state index contributed by atoms with van der Waals surface area (Å²) >= 11 is 0. The first-order valence-corrected chi connectivity index (χ1v) is 10.5. The van der Waals surface area contributed by atoms with Crippen LogP contribution in [0.3, 0.4) is 0 Å². The van der Waals surface area contributed by atoms with Crippen molar-refractivity contribution >= 4 is 35.5 Å². The number of hydrogen-bond acceptors (Lipinski definition) is 6. The lowest BCUT2D eigenvalue weighted by Gasteiger charge is -2.13. The number of rotatable bonds is 9. The highest BCUT2D eigenvalue weighted by atomic mass is 16.5. The summed E-state index contributed by atoms with van der Waals surface area (Å²) in [6.45, 7) is 0. The lowest BCUT2D eigenvalue weighted by molar-refractivity contribution is -0.111. The highest BCUT2D eigenvalue weighted by Gasteiger charge is 2.12. The number of anilines is 2. The van der Waals surface area contributed by atoms with Crippen molar-refractivity contribution in [3.05, 3.63) is 77.4 Å². The molecule has 7 nitrogen and oxygen atoms in total. The fourth-order valence-corrected chi connectivity index (χ4v) is 3.32. The summed E-state index contributed by atoms with van der Waals surface area (Å²) in [7, 11) is 6.26. The molecule has 0 unspecified atom stereocenters. The lowest BCUT2D eigenvalue weighted by Crippen LogP contribution is -2.09. The second kappa shape index (κ2) is 11.5. The average Bonchev–Trinajstić information content (AvgIpc) is 2.86. The van der Waals surface area contributed by atoms with Crippen LogP contribution < -0.4 is 30.0 Å². The third kappa shape index (κ3) is 5.89. The van der Waals surface area contributed by atoms with Gasteiger partial charge in [0.25, 0.3) is 0 Å². The standard InChI is InChI=1S/C27H28N2O5/c1-31-23-13-11-18(9-10-19-16-24(32-2)27(34-4)25(17-19)33-3)15-22(23)29-26(30)14-12-20-7-5-6-8-21(20)28/h5-17H,28H2,1-4H3,(H,29,30)/b10-9?,14-12+. The van der Waals surface area contributed by atoms with Crippen LogP contribution in [-0.2, 0) is 4.79 Å². The van der Waals surface area contributed by atoms with E-state index in [0.717, 1.165) is 16.7 Å². The molecule has 3 N–H and O–H groups in total. The number of nitrogens with one attached hydrogen (secondary N) is 1. The molecule has 3 aromatic carbocycles. The van der Waals surface area contributed by atoms with Crippen molar-refractivity contribution in [2.24, 2.45) is 0 Å². The maximum Gasteiger partial charge on any atom is 0.248 e. The van der Waals surface area contributed by atoms with Gasteiger partial charge in [-0.25, -0.2) is 0 Å². The number of hydrogen-bond donors (Lipinski definition) is 2. The molecule has 1 amide bonds. The zero-order valence-corrected chi connectivity index (χ0v) is 19.6. The second-order valence-electron chi connectivity index (χ2n) is 7.20. The van der Waals surface area contributed by atoms with Crippen LogP contribution in [0, 0.1) is 0 Å². The minimum absolute atomic E-state index is 0.299. The van der Waals surface area contributed by atoms with Crippen LogP contribution in [0.15, 0.2) is 60.7 Å². The maximum atomic E-state index is 12.5. The fraction of sp³-hybridized carbons (Fsp3) is 0.148. The molecule has 3 aromatic rings. The third-order valence-electron chi connectivity index (χ3n) is 5.05. The van der Waals surface area contributed by atoms with E-state index in [4.69, 9.17) is 24.7 Å². The molecule has 0 spiro atoms. The van der Waals surface area contributed by atoms with Gasteiger partial charge in [0, 0.05) is 11.8 Å². The summed E-state index contributed by atoms with van der Waals surface area (Å²) in [5.41, 5.74) is 9.56. The number of carbonyl (C=O) groups is 1. The van der Waals surface area contributed by atoms with Gasteiger partial charge in [-0.05, 0) is 53.1 Å². The van der Waals surface area contributed by atoms with Gasteiger partial charge in [0.15, 0.2) is 11.5 Å². The van der Waals surface area contributed by atoms with Gasteiger partial charge >= 0.3 is 0 Å². The quantitative estimate of drug-likeness (QED) is 0.261. The van der Waals surface area contributed by atoms with Crippen LogP contribution in [0.5, 0.6) is 23.0 Å². The molecule has 0 aliphatic rings. The lowest BCUT2D eigenvalue weighted by atomic mass is 10.1. The van der Waals surface area contributed by atoms with Crippen molar-refractivity contribution in [1.29, 1.82) is 0 Å². The molecule has 0 heterocycles. The molecule has 0 aliphatic carbocycles. The molecular weight excluding hydrogens is 432 g/mol. The second-order valence-corrected chi connectivity index (χ2v) is 7.20. The van der Waals surface area contributed by atoms with Crippen LogP contribution in [0.2, 0.25) is 0 Å². The van der Waals surface area contributed by atoms with E-state index in [-0.39, 0.29) is 5.91 Å². The van der Waals surface area contributed by atoms with Gasteiger partial charge in [0.2, 0.25) is 11.7 Å². The number of ether oxygens (including phenoxy) is 4. The van der Waals surface area contributed by atoms with E-state index in [1.165, 1.54) is 6.08 Å². The van der Waals surface area contributed by atoms with Gasteiger partial charge < -0.3 is 30.0 Å². The van der Waals surface area contributed by atoms with Gasteiger partial charge in [0.1, 0.15) is 5.75 Å². The van der Waals surface area contributed by atoms with E-state index in [1.54, 1.807) is 46.6 Å². The first-order chi connectivity index (χ1) is 16.5. The van der Waals surface area contributed by atoms with Crippen molar-refractivity contribution in [3.8, 4) is 23.0 Å². The summed E-state index contributed by atoms with van der Waals surface area (Å²) in [4.78, 5) is 12.5. The van der Waals surface area contributed by atoms with Crippen molar-refractivity contribution < 1.29 is 23.7 Å². The maximum absolute atomic E-state index is 12.5. The molecule has 3 rings (SSSR count). The minimum atomic E-state index is -0.299. The monoisotopic (exact) mass is 460 g/mol. The van der Waals surface area contributed by atoms with E-state index >= 15 is 0 Å². The number of methoxy groups -OCH3 is 4. The molecule has 0 saturated heterocycles. The van der Waals surface area contributed by atoms with Crippen molar-refractivity contribution in [1.82, 2.24) is 0 Å². The Morgan fingerprint density at radius 3 is 2.03 bits per heavy atom. The van der Waals surface area contributed by atoms with Gasteiger partial charge in [-0.3, -0.25) is 4.79 Å². The van der Waals surface area contributed by atoms with Crippen molar-refractivity contribution in [3.63, 3.8) is 0 Å². The Labute approximate surface area is 199 Å². The third-order valence-corrected chi connectivity index (χ3v) is 5.05. The van der Waals surface area contributed by atoms with E-state index in [0.29, 0.717) is 34.4 Å². The normalized spacial score (nSPS) is 10.9. The zero-order chi connectivity index (χ0) is 24.5. The summed E-state index contributed by atoms with van der Waals surface area (Å²) in [6, 6.07) is 16.5. The Balaban J connectivity index is 1.82. The molecule has 0 bridgehead atoms. The molecular formula is C27H28N2O5. The van der Waals surface area contributed by atoms with Crippen LogP contribution in [0.4, 0.5) is 11.4 Å². The topological polar surface area (TPSA) is 92.0 Å². The number of benzene rings is 3. The number of amides is 1. The summed E-state index contributed by atoms with van der Waals surface area (Å²) in [6.07, 6.45) is 6.93. The Bertz CT molecular complexity index is 1190. The number of nitrogens with two attached hydrogens (primary N) is 1. The summed E-state index contributed by atoms with van der Waals surface area (Å²) in [5, 5.41) is 2.86. The molecule has 0 radical (unpaired) electrons. The molecule has 0 atom stereocenters. The molecule has 0 aliphatic heterocycles. The molecule has 7 heteroatoms. The molecule has 176 valence electrons. The first-order valence-electron chi connectivity index (χ1n) is 10.5. The summed E-state index contributed by atoms with van der Waals surface area (Å²) in [5.74, 6) is 1.91.